The third-order valence-corrected chi connectivity index (χ3v) is 5.38. The van der Waals surface area contributed by atoms with E-state index in [0.29, 0.717) is 23.1 Å². The van der Waals surface area contributed by atoms with Crippen LogP contribution in [0.25, 0.3) is 11.5 Å². The van der Waals surface area contributed by atoms with Crippen molar-refractivity contribution in [3.63, 3.8) is 0 Å². The molecule has 0 atom stereocenters. The number of rotatable bonds is 5. The molecule has 2 heterocycles. The molecule has 0 radical (unpaired) electrons. The van der Waals surface area contributed by atoms with Crippen LogP contribution in [0.4, 0.5) is 5.82 Å². The normalized spacial score (nSPS) is 15.1. The van der Waals surface area contributed by atoms with Crippen LogP contribution in [0.3, 0.4) is 0 Å². The molecule has 0 amide bonds. The number of hydrogen-bond donors (Lipinski definition) is 1. The molecule has 142 valence electrons. The standard InChI is InChI=1S/C20H24ClN5O/c1-13(2)18-23-17-19(26(27)16-5-3-4-6-16)22-12-25(20(17)24-18)11-14-7-9-15(21)10-8-14/h7-10,12-13,16,27H,3-6,11H2,1-2H3. The van der Waals surface area contributed by atoms with Gasteiger partial charge in [-0.2, -0.15) is 0 Å². The van der Waals surface area contributed by atoms with Crippen molar-refractivity contribution in [2.45, 2.75) is 58.0 Å². The number of hydroxylamine groups is 1. The van der Waals surface area contributed by atoms with Gasteiger partial charge in [0, 0.05) is 10.9 Å². The van der Waals surface area contributed by atoms with E-state index in [1.54, 1.807) is 6.33 Å². The second kappa shape index (κ2) is 7.44. The summed E-state index contributed by atoms with van der Waals surface area (Å²) in [5.74, 6) is 2.22. The summed E-state index contributed by atoms with van der Waals surface area (Å²) in [5.41, 5.74) is 1.76. The lowest BCUT2D eigenvalue weighted by Crippen LogP contribution is -2.31. The number of nitrogens with zero attached hydrogens (tertiary/aromatic N) is 5. The van der Waals surface area contributed by atoms with Crippen molar-refractivity contribution in [3.05, 3.63) is 47.0 Å². The predicted octanol–water partition coefficient (Wildman–Crippen LogP) is 4.74. The molecule has 0 aromatic heterocycles. The average molecular weight is 386 g/mol. The fourth-order valence-corrected chi connectivity index (χ4v) is 3.72. The first-order chi connectivity index (χ1) is 13.0. The lowest BCUT2D eigenvalue weighted by Gasteiger charge is -2.24. The zero-order chi connectivity index (χ0) is 19.0. The van der Waals surface area contributed by atoms with Crippen LogP contribution in [0.1, 0.15) is 56.8 Å². The van der Waals surface area contributed by atoms with Gasteiger partial charge in [-0.3, -0.25) is 5.21 Å². The minimum absolute atomic E-state index is 0.104. The van der Waals surface area contributed by atoms with E-state index in [1.807, 2.05) is 28.8 Å². The maximum absolute atomic E-state index is 10.8. The molecule has 1 saturated carbocycles. The van der Waals surface area contributed by atoms with Crippen molar-refractivity contribution in [1.82, 2.24) is 19.5 Å². The molecule has 3 aliphatic rings. The minimum atomic E-state index is 0.104. The van der Waals surface area contributed by atoms with Gasteiger partial charge in [0.25, 0.3) is 0 Å². The van der Waals surface area contributed by atoms with Crippen molar-refractivity contribution in [1.29, 1.82) is 0 Å². The van der Waals surface area contributed by atoms with Crippen molar-refractivity contribution in [3.8, 4) is 11.5 Å². The maximum Gasteiger partial charge on any atom is 0.184 e. The molecule has 7 heteroatoms. The zero-order valence-corrected chi connectivity index (χ0v) is 16.4. The monoisotopic (exact) mass is 385 g/mol. The highest BCUT2D eigenvalue weighted by Crippen LogP contribution is 2.34. The molecular formula is C20H24ClN5O. The number of imidazole rings is 1. The highest BCUT2D eigenvalue weighted by Gasteiger charge is 2.29. The first-order valence-electron chi connectivity index (χ1n) is 9.48. The molecule has 1 aromatic rings. The van der Waals surface area contributed by atoms with E-state index in [1.165, 1.54) is 5.06 Å². The van der Waals surface area contributed by atoms with Gasteiger partial charge in [0.2, 0.25) is 0 Å². The number of hydrogen-bond acceptors (Lipinski definition) is 5. The van der Waals surface area contributed by atoms with Crippen LogP contribution in [0, 0.1) is 0 Å². The Hall–Kier alpha value is -2.18. The Balaban J connectivity index is 1.74. The summed E-state index contributed by atoms with van der Waals surface area (Å²) < 4.78 is 1.98. The van der Waals surface area contributed by atoms with Gasteiger partial charge in [-0.05, 0) is 30.5 Å². The van der Waals surface area contributed by atoms with Gasteiger partial charge in [0.05, 0.1) is 18.9 Å². The Labute approximate surface area is 164 Å². The van der Waals surface area contributed by atoms with Crippen molar-refractivity contribution < 1.29 is 5.21 Å². The first kappa shape index (κ1) is 18.2. The molecular weight excluding hydrogens is 362 g/mol. The molecule has 0 saturated heterocycles. The third kappa shape index (κ3) is 3.64. The molecule has 0 unspecified atom stereocenters. The second-order valence-corrected chi connectivity index (χ2v) is 7.95. The lowest BCUT2D eigenvalue weighted by molar-refractivity contribution is 0.213. The van der Waals surface area contributed by atoms with E-state index in [0.717, 1.165) is 42.9 Å². The highest BCUT2D eigenvalue weighted by molar-refractivity contribution is 6.30. The summed E-state index contributed by atoms with van der Waals surface area (Å²) in [7, 11) is 0. The molecule has 0 bridgehead atoms. The van der Waals surface area contributed by atoms with Gasteiger partial charge in [-0.1, -0.05) is 50.4 Å². The van der Waals surface area contributed by atoms with E-state index < -0.39 is 0 Å². The summed E-state index contributed by atoms with van der Waals surface area (Å²) in [6, 6.07) is 7.84. The van der Waals surface area contributed by atoms with Crippen molar-refractivity contribution in [2.24, 2.45) is 0 Å². The van der Waals surface area contributed by atoms with Crippen LogP contribution in [-0.2, 0) is 6.54 Å². The van der Waals surface area contributed by atoms with E-state index in [4.69, 9.17) is 21.6 Å². The molecule has 27 heavy (non-hydrogen) atoms. The number of anilines is 1. The minimum Gasteiger partial charge on any atom is -0.311 e. The van der Waals surface area contributed by atoms with Crippen LogP contribution in [0.2, 0.25) is 5.02 Å². The van der Waals surface area contributed by atoms with E-state index in [-0.39, 0.29) is 12.0 Å². The quantitative estimate of drug-likeness (QED) is 0.642. The van der Waals surface area contributed by atoms with Gasteiger partial charge in [-0.15, -0.1) is 0 Å². The van der Waals surface area contributed by atoms with Crippen LogP contribution in [0.15, 0.2) is 30.6 Å². The number of halogens is 1. The number of benzene rings is 1. The fraction of sp³-hybridized carbons (Fsp3) is 0.450. The maximum atomic E-state index is 10.8. The van der Waals surface area contributed by atoms with Gasteiger partial charge >= 0.3 is 0 Å². The van der Waals surface area contributed by atoms with Gasteiger partial charge < -0.3 is 4.57 Å². The first-order valence-corrected chi connectivity index (χ1v) is 9.86. The lowest BCUT2D eigenvalue weighted by atomic mass is 10.2. The number of aromatic nitrogens is 4. The van der Waals surface area contributed by atoms with Gasteiger partial charge in [0.1, 0.15) is 5.82 Å². The van der Waals surface area contributed by atoms with Crippen molar-refractivity contribution in [2.75, 3.05) is 5.06 Å². The highest BCUT2D eigenvalue weighted by atomic mass is 35.5. The van der Waals surface area contributed by atoms with E-state index >= 15 is 0 Å². The Morgan fingerprint density at radius 2 is 1.89 bits per heavy atom. The Morgan fingerprint density at radius 1 is 1.19 bits per heavy atom. The second-order valence-electron chi connectivity index (χ2n) is 7.51. The molecule has 1 aliphatic carbocycles. The largest absolute Gasteiger partial charge is 0.311 e. The summed E-state index contributed by atoms with van der Waals surface area (Å²) >= 11 is 5.99. The molecule has 1 fully saturated rings. The third-order valence-electron chi connectivity index (χ3n) is 5.13. The zero-order valence-electron chi connectivity index (χ0n) is 15.6. The van der Waals surface area contributed by atoms with Gasteiger partial charge in [0.15, 0.2) is 17.3 Å². The van der Waals surface area contributed by atoms with Crippen molar-refractivity contribution >= 4 is 17.4 Å². The molecule has 1 aromatic carbocycles. The summed E-state index contributed by atoms with van der Waals surface area (Å²) in [4.78, 5) is 14.0. The molecule has 6 nitrogen and oxygen atoms in total. The molecule has 1 N–H and O–H groups in total. The molecule has 0 spiro atoms. The predicted molar refractivity (Wildman–Crippen MR) is 106 cm³/mol. The molecule has 4 rings (SSSR count). The average Bonchev–Trinajstić information content (AvgIpc) is 3.33. The van der Waals surface area contributed by atoms with Crippen LogP contribution in [-0.4, -0.2) is 30.8 Å². The van der Waals surface area contributed by atoms with Crippen LogP contribution in [0.5, 0.6) is 0 Å². The summed E-state index contributed by atoms with van der Waals surface area (Å²) in [6.45, 7) is 4.75. The van der Waals surface area contributed by atoms with E-state index in [2.05, 4.69) is 18.8 Å². The number of fused-ring (bicyclic) bond motifs is 1. The summed E-state index contributed by atoms with van der Waals surface area (Å²) in [6.07, 6.45) is 5.97. The SMILES string of the molecule is CC(C)c1nc2c(N(O)C3CCCC3)ncn(Cc3ccc(Cl)cc3)c-2n1. The van der Waals surface area contributed by atoms with Crippen LogP contribution >= 0.6 is 11.6 Å². The Bertz CT molecular complexity index is 886. The Morgan fingerprint density at radius 3 is 2.56 bits per heavy atom. The van der Waals surface area contributed by atoms with E-state index in [9.17, 15) is 5.21 Å². The topological polar surface area (TPSA) is 67.1 Å². The fourth-order valence-electron chi connectivity index (χ4n) is 3.59. The molecule has 2 aliphatic heterocycles. The smallest absolute Gasteiger partial charge is 0.184 e. The Kier molecular flexibility index (Phi) is 5.02. The van der Waals surface area contributed by atoms with Gasteiger partial charge in [-0.25, -0.2) is 20.0 Å². The van der Waals surface area contributed by atoms with Crippen LogP contribution < -0.4 is 5.06 Å². The summed E-state index contributed by atoms with van der Waals surface area (Å²) in [5, 5.41) is 12.8.